The van der Waals surface area contributed by atoms with Crippen LogP contribution in [-0.2, 0) is 19.7 Å². The van der Waals surface area contributed by atoms with Gasteiger partial charge < -0.3 is 14.8 Å². The van der Waals surface area contributed by atoms with E-state index in [1.165, 1.54) is 12.1 Å². The maximum atomic E-state index is 13.1. The van der Waals surface area contributed by atoms with Gasteiger partial charge in [0.05, 0.1) is 17.8 Å². The van der Waals surface area contributed by atoms with Crippen LogP contribution in [0.15, 0.2) is 60.8 Å². The molecular formula is C21H20ClFN2O2. The highest BCUT2D eigenvalue weighted by Gasteiger charge is 2.08. The highest BCUT2D eigenvalue weighted by Crippen LogP contribution is 2.29. The minimum absolute atomic E-state index is 0.229. The van der Waals surface area contributed by atoms with Crippen LogP contribution < -0.4 is 14.8 Å². The SMILES string of the molecule is COc1cc(CNCc2ccccn2)ccc1OCc1ccc(F)cc1Cl. The lowest BCUT2D eigenvalue weighted by Gasteiger charge is -2.13. The molecule has 0 aliphatic carbocycles. The van der Waals surface area contributed by atoms with Gasteiger partial charge in [-0.05, 0) is 42.0 Å². The fraction of sp³-hybridized carbons (Fsp3) is 0.190. The Morgan fingerprint density at radius 1 is 1.04 bits per heavy atom. The molecule has 1 aromatic heterocycles. The fourth-order valence-electron chi connectivity index (χ4n) is 2.57. The number of benzene rings is 2. The summed E-state index contributed by atoms with van der Waals surface area (Å²) in [4.78, 5) is 4.28. The van der Waals surface area contributed by atoms with Gasteiger partial charge in [0.1, 0.15) is 12.4 Å². The van der Waals surface area contributed by atoms with Gasteiger partial charge in [-0.3, -0.25) is 4.98 Å². The van der Waals surface area contributed by atoms with E-state index in [9.17, 15) is 4.39 Å². The number of rotatable bonds is 8. The molecule has 0 unspecified atom stereocenters. The van der Waals surface area contributed by atoms with E-state index in [1.807, 2.05) is 36.4 Å². The molecule has 3 rings (SSSR count). The first-order chi connectivity index (χ1) is 13.2. The van der Waals surface area contributed by atoms with Crippen molar-refractivity contribution in [3.8, 4) is 11.5 Å². The van der Waals surface area contributed by atoms with Crippen LogP contribution in [0.3, 0.4) is 0 Å². The summed E-state index contributed by atoms with van der Waals surface area (Å²) in [6.07, 6.45) is 1.78. The molecule has 27 heavy (non-hydrogen) atoms. The molecule has 0 aliphatic rings. The molecule has 2 aromatic carbocycles. The van der Waals surface area contributed by atoms with Gasteiger partial charge in [-0.2, -0.15) is 0 Å². The second-order valence-corrected chi connectivity index (χ2v) is 6.34. The van der Waals surface area contributed by atoms with E-state index in [2.05, 4.69) is 10.3 Å². The highest BCUT2D eigenvalue weighted by molar-refractivity contribution is 6.31. The fourth-order valence-corrected chi connectivity index (χ4v) is 2.79. The monoisotopic (exact) mass is 386 g/mol. The summed E-state index contributed by atoms with van der Waals surface area (Å²) in [7, 11) is 1.60. The number of hydrogen-bond donors (Lipinski definition) is 1. The zero-order valence-electron chi connectivity index (χ0n) is 14.9. The molecule has 0 radical (unpaired) electrons. The molecule has 0 saturated carbocycles. The van der Waals surface area contributed by atoms with Crippen LogP contribution in [0, 0.1) is 5.82 Å². The van der Waals surface area contributed by atoms with Crippen LogP contribution in [0.25, 0.3) is 0 Å². The lowest BCUT2D eigenvalue weighted by atomic mass is 10.2. The average Bonchev–Trinajstić information content (AvgIpc) is 2.68. The second kappa shape index (κ2) is 9.35. The van der Waals surface area contributed by atoms with Crippen molar-refractivity contribution in [3.63, 3.8) is 0 Å². The van der Waals surface area contributed by atoms with Crippen molar-refractivity contribution in [1.82, 2.24) is 10.3 Å². The van der Waals surface area contributed by atoms with Crippen LogP contribution in [0.4, 0.5) is 4.39 Å². The summed E-state index contributed by atoms with van der Waals surface area (Å²) < 4.78 is 24.4. The zero-order valence-corrected chi connectivity index (χ0v) is 15.7. The normalized spacial score (nSPS) is 10.6. The van der Waals surface area contributed by atoms with E-state index in [-0.39, 0.29) is 12.4 Å². The summed E-state index contributed by atoms with van der Waals surface area (Å²) in [5.74, 6) is 0.862. The first kappa shape index (κ1) is 19.1. The third-order valence-electron chi connectivity index (χ3n) is 3.99. The van der Waals surface area contributed by atoms with E-state index in [4.69, 9.17) is 21.1 Å². The predicted molar refractivity (Wildman–Crippen MR) is 104 cm³/mol. The first-order valence-corrected chi connectivity index (χ1v) is 8.88. The van der Waals surface area contributed by atoms with Crippen molar-refractivity contribution >= 4 is 11.6 Å². The van der Waals surface area contributed by atoms with Gasteiger partial charge in [0.2, 0.25) is 0 Å². The summed E-state index contributed by atoms with van der Waals surface area (Å²) in [5, 5.41) is 3.68. The van der Waals surface area contributed by atoms with Gasteiger partial charge in [-0.1, -0.05) is 29.8 Å². The summed E-state index contributed by atoms with van der Waals surface area (Å²) in [6, 6.07) is 15.8. The van der Waals surface area contributed by atoms with Gasteiger partial charge in [-0.15, -0.1) is 0 Å². The number of nitrogens with zero attached hydrogens (tertiary/aromatic N) is 1. The van der Waals surface area contributed by atoms with Crippen LogP contribution in [0.5, 0.6) is 11.5 Å². The summed E-state index contributed by atoms with van der Waals surface area (Å²) in [6.45, 7) is 1.59. The van der Waals surface area contributed by atoms with Gasteiger partial charge in [0, 0.05) is 24.8 Å². The molecule has 1 heterocycles. The Labute approximate surface area is 162 Å². The Morgan fingerprint density at radius 2 is 1.93 bits per heavy atom. The number of ether oxygens (including phenoxy) is 2. The van der Waals surface area contributed by atoms with Crippen LogP contribution in [0.2, 0.25) is 5.02 Å². The third-order valence-corrected chi connectivity index (χ3v) is 4.34. The van der Waals surface area contributed by atoms with E-state index in [1.54, 1.807) is 19.4 Å². The molecule has 0 fully saturated rings. The third kappa shape index (κ3) is 5.42. The molecule has 4 nitrogen and oxygen atoms in total. The molecule has 6 heteroatoms. The topological polar surface area (TPSA) is 43.4 Å². The van der Waals surface area contributed by atoms with Crippen molar-refractivity contribution in [2.24, 2.45) is 0 Å². The first-order valence-electron chi connectivity index (χ1n) is 8.50. The molecule has 0 atom stereocenters. The maximum Gasteiger partial charge on any atom is 0.161 e. The van der Waals surface area contributed by atoms with Gasteiger partial charge >= 0.3 is 0 Å². The van der Waals surface area contributed by atoms with Crippen LogP contribution >= 0.6 is 11.6 Å². The van der Waals surface area contributed by atoms with Crippen LogP contribution in [0.1, 0.15) is 16.8 Å². The van der Waals surface area contributed by atoms with Gasteiger partial charge in [0.25, 0.3) is 0 Å². The number of methoxy groups -OCH3 is 1. The minimum atomic E-state index is -0.371. The molecule has 140 valence electrons. The molecule has 0 saturated heterocycles. The number of aromatic nitrogens is 1. The van der Waals surface area contributed by atoms with Crippen molar-refractivity contribution in [3.05, 3.63) is 88.5 Å². The Morgan fingerprint density at radius 3 is 2.67 bits per heavy atom. The summed E-state index contributed by atoms with van der Waals surface area (Å²) >= 11 is 6.04. The molecular weight excluding hydrogens is 367 g/mol. The van der Waals surface area contributed by atoms with Gasteiger partial charge in [0.15, 0.2) is 11.5 Å². The molecule has 0 bridgehead atoms. The van der Waals surface area contributed by atoms with Crippen molar-refractivity contribution in [2.75, 3.05) is 7.11 Å². The predicted octanol–water partition coefficient (Wildman–Crippen LogP) is 4.75. The number of halogens is 2. The Hall–Kier alpha value is -2.63. The quantitative estimate of drug-likeness (QED) is 0.606. The lowest BCUT2D eigenvalue weighted by molar-refractivity contribution is 0.284. The molecule has 0 amide bonds. The lowest BCUT2D eigenvalue weighted by Crippen LogP contribution is -2.13. The second-order valence-electron chi connectivity index (χ2n) is 5.93. The summed E-state index contributed by atoms with van der Waals surface area (Å²) in [5.41, 5.74) is 2.76. The molecule has 1 N–H and O–H groups in total. The Bertz CT molecular complexity index is 891. The Kier molecular flexibility index (Phi) is 6.63. The van der Waals surface area contributed by atoms with E-state index >= 15 is 0 Å². The van der Waals surface area contributed by atoms with Crippen molar-refractivity contribution in [1.29, 1.82) is 0 Å². The van der Waals surface area contributed by atoms with E-state index < -0.39 is 0 Å². The zero-order chi connectivity index (χ0) is 19.1. The minimum Gasteiger partial charge on any atom is -0.493 e. The number of nitrogens with one attached hydrogen (secondary N) is 1. The smallest absolute Gasteiger partial charge is 0.161 e. The average molecular weight is 387 g/mol. The largest absolute Gasteiger partial charge is 0.493 e. The van der Waals surface area contributed by atoms with E-state index in [0.717, 1.165) is 11.3 Å². The molecule has 0 aliphatic heterocycles. The highest BCUT2D eigenvalue weighted by atomic mass is 35.5. The number of pyridine rings is 1. The maximum absolute atomic E-state index is 13.1. The van der Waals surface area contributed by atoms with Crippen molar-refractivity contribution < 1.29 is 13.9 Å². The van der Waals surface area contributed by atoms with Crippen molar-refractivity contribution in [2.45, 2.75) is 19.7 Å². The van der Waals surface area contributed by atoms with Crippen LogP contribution in [-0.4, -0.2) is 12.1 Å². The van der Waals surface area contributed by atoms with E-state index in [0.29, 0.717) is 35.2 Å². The molecule has 3 aromatic rings. The molecule has 0 spiro atoms. The van der Waals surface area contributed by atoms with Gasteiger partial charge in [-0.25, -0.2) is 4.39 Å². The standard InChI is InChI=1S/C21H20ClFN2O2/c1-26-21-10-15(12-24-13-18-4-2-3-9-25-18)5-8-20(21)27-14-16-6-7-17(23)11-19(16)22/h2-11,24H,12-14H2,1H3. The Balaban J connectivity index is 1.60. The number of hydrogen-bond acceptors (Lipinski definition) is 4.